The maximum Gasteiger partial charge on any atom is 0.335 e. The van der Waals surface area contributed by atoms with Gasteiger partial charge in [0.05, 0.1) is 5.56 Å². The van der Waals surface area contributed by atoms with Crippen molar-refractivity contribution >= 4 is 11.7 Å². The second kappa shape index (κ2) is 5.21. The standard InChI is InChI=1S/C14H19NO2/c1-10(11-4-2-3-5-11)15-13-8-6-12(7-9-13)14(16)17/h6-11,15H,2-5H2,1H3,(H,16,17). The smallest absolute Gasteiger partial charge is 0.335 e. The molecule has 0 bridgehead atoms. The van der Waals surface area contributed by atoms with Crippen LogP contribution in [0.4, 0.5) is 5.69 Å². The van der Waals surface area contributed by atoms with E-state index in [0.29, 0.717) is 11.6 Å². The Morgan fingerprint density at radius 2 is 1.88 bits per heavy atom. The van der Waals surface area contributed by atoms with Crippen LogP contribution in [0.1, 0.15) is 43.0 Å². The van der Waals surface area contributed by atoms with Gasteiger partial charge in [0.2, 0.25) is 0 Å². The minimum Gasteiger partial charge on any atom is -0.478 e. The molecule has 1 fully saturated rings. The molecule has 1 unspecified atom stereocenters. The van der Waals surface area contributed by atoms with Crippen LogP contribution in [0.25, 0.3) is 0 Å². The van der Waals surface area contributed by atoms with E-state index in [1.807, 2.05) is 12.1 Å². The summed E-state index contributed by atoms with van der Waals surface area (Å²) >= 11 is 0. The summed E-state index contributed by atoms with van der Waals surface area (Å²) in [5, 5.41) is 12.3. The third-order valence-corrected chi connectivity index (χ3v) is 3.63. The number of hydrogen-bond acceptors (Lipinski definition) is 2. The third kappa shape index (κ3) is 2.99. The number of carboxylic acid groups (broad SMARTS) is 1. The van der Waals surface area contributed by atoms with Gasteiger partial charge in [0.25, 0.3) is 0 Å². The highest BCUT2D eigenvalue weighted by Gasteiger charge is 2.21. The predicted molar refractivity (Wildman–Crippen MR) is 68.4 cm³/mol. The van der Waals surface area contributed by atoms with E-state index < -0.39 is 5.97 Å². The summed E-state index contributed by atoms with van der Waals surface area (Å²) in [4.78, 5) is 10.7. The lowest BCUT2D eigenvalue weighted by Gasteiger charge is -2.21. The highest BCUT2D eigenvalue weighted by Crippen LogP contribution is 2.29. The second-order valence-corrected chi connectivity index (χ2v) is 4.86. The molecule has 1 aliphatic carbocycles. The van der Waals surface area contributed by atoms with E-state index in [-0.39, 0.29) is 0 Å². The molecule has 1 saturated carbocycles. The van der Waals surface area contributed by atoms with E-state index in [1.165, 1.54) is 25.7 Å². The average Bonchev–Trinajstić information content (AvgIpc) is 2.83. The molecule has 0 heterocycles. The van der Waals surface area contributed by atoms with Crippen LogP contribution >= 0.6 is 0 Å². The summed E-state index contributed by atoms with van der Waals surface area (Å²) in [6.45, 7) is 2.21. The van der Waals surface area contributed by atoms with E-state index in [0.717, 1.165) is 11.6 Å². The molecule has 0 spiro atoms. The number of anilines is 1. The van der Waals surface area contributed by atoms with E-state index >= 15 is 0 Å². The maximum absolute atomic E-state index is 10.7. The molecule has 2 rings (SSSR count). The van der Waals surface area contributed by atoms with Gasteiger partial charge in [0, 0.05) is 11.7 Å². The number of aromatic carboxylic acids is 1. The Hall–Kier alpha value is -1.51. The Bertz CT molecular complexity index is 380. The Balaban J connectivity index is 1.96. The Morgan fingerprint density at radius 3 is 2.41 bits per heavy atom. The summed E-state index contributed by atoms with van der Waals surface area (Å²) in [6, 6.07) is 7.44. The molecule has 1 aromatic rings. The summed E-state index contributed by atoms with van der Waals surface area (Å²) in [5.74, 6) is -0.116. The predicted octanol–water partition coefficient (Wildman–Crippen LogP) is 3.38. The van der Waals surface area contributed by atoms with E-state index in [4.69, 9.17) is 5.11 Å². The van der Waals surface area contributed by atoms with Gasteiger partial charge in [0.15, 0.2) is 0 Å². The molecule has 0 aromatic heterocycles. The van der Waals surface area contributed by atoms with Crippen LogP contribution in [0, 0.1) is 5.92 Å². The van der Waals surface area contributed by atoms with Crippen LogP contribution in [-0.4, -0.2) is 17.1 Å². The molecule has 0 aliphatic heterocycles. The average molecular weight is 233 g/mol. The van der Waals surface area contributed by atoms with Gasteiger partial charge in [-0.25, -0.2) is 4.79 Å². The van der Waals surface area contributed by atoms with Crippen LogP contribution in [-0.2, 0) is 0 Å². The van der Waals surface area contributed by atoms with Crippen molar-refractivity contribution in [1.29, 1.82) is 0 Å². The molecule has 1 aromatic carbocycles. The molecular formula is C14H19NO2. The van der Waals surface area contributed by atoms with E-state index in [2.05, 4.69) is 12.2 Å². The molecule has 0 amide bonds. The molecule has 0 radical (unpaired) electrons. The number of nitrogens with one attached hydrogen (secondary N) is 1. The zero-order valence-electron chi connectivity index (χ0n) is 10.1. The van der Waals surface area contributed by atoms with Gasteiger partial charge in [-0.3, -0.25) is 0 Å². The molecule has 1 atom stereocenters. The Kier molecular flexibility index (Phi) is 3.67. The summed E-state index contributed by atoms with van der Waals surface area (Å²) < 4.78 is 0. The van der Waals surface area contributed by atoms with Gasteiger partial charge in [-0.1, -0.05) is 12.8 Å². The first-order valence-electron chi connectivity index (χ1n) is 6.26. The lowest BCUT2D eigenvalue weighted by Crippen LogP contribution is -2.23. The van der Waals surface area contributed by atoms with Crippen molar-refractivity contribution in [3.63, 3.8) is 0 Å². The van der Waals surface area contributed by atoms with Gasteiger partial charge in [-0.2, -0.15) is 0 Å². The first-order chi connectivity index (χ1) is 8.16. The monoisotopic (exact) mass is 233 g/mol. The van der Waals surface area contributed by atoms with Crippen molar-refractivity contribution < 1.29 is 9.90 Å². The molecule has 17 heavy (non-hydrogen) atoms. The fraction of sp³-hybridized carbons (Fsp3) is 0.500. The molecular weight excluding hydrogens is 214 g/mol. The Labute approximate surface area is 102 Å². The first-order valence-corrected chi connectivity index (χ1v) is 6.26. The molecule has 0 saturated heterocycles. The maximum atomic E-state index is 10.7. The number of benzene rings is 1. The van der Waals surface area contributed by atoms with Gasteiger partial charge < -0.3 is 10.4 Å². The fourth-order valence-corrected chi connectivity index (χ4v) is 2.55. The first kappa shape index (κ1) is 12.0. The zero-order valence-corrected chi connectivity index (χ0v) is 10.1. The van der Waals surface area contributed by atoms with E-state index in [9.17, 15) is 4.79 Å². The van der Waals surface area contributed by atoms with Crippen LogP contribution in [0.15, 0.2) is 24.3 Å². The summed E-state index contributed by atoms with van der Waals surface area (Å²) in [7, 11) is 0. The number of carboxylic acids is 1. The van der Waals surface area contributed by atoms with Gasteiger partial charge >= 0.3 is 5.97 Å². The van der Waals surface area contributed by atoms with Crippen molar-refractivity contribution in [1.82, 2.24) is 0 Å². The number of carbonyl (C=O) groups is 1. The molecule has 1 aliphatic rings. The highest BCUT2D eigenvalue weighted by molar-refractivity contribution is 5.87. The normalized spacial score (nSPS) is 17.9. The molecule has 3 heteroatoms. The quantitative estimate of drug-likeness (QED) is 0.838. The zero-order chi connectivity index (χ0) is 12.3. The van der Waals surface area contributed by atoms with Crippen LogP contribution < -0.4 is 5.32 Å². The topological polar surface area (TPSA) is 49.3 Å². The molecule has 2 N–H and O–H groups in total. The lowest BCUT2D eigenvalue weighted by molar-refractivity contribution is 0.0697. The minimum atomic E-state index is -0.875. The van der Waals surface area contributed by atoms with Crippen LogP contribution in [0.3, 0.4) is 0 Å². The third-order valence-electron chi connectivity index (χ3n) is 3.63. The second-order valence-electron chi connectivity index (χ2n) is 4.86. The lowest BCUT2D eigenvalue weighted by atomic mass is 9.99. The van der Waals surface area contributed by atoms with E-state index in [1.54, 1.807) is 12.1 Å². The number of hydrogen-bond donors (Lipinski definition) is 2. The van der Waals surface area contributed by atoms with Crippen molar-refractivity contribution in [3.8, 4) is 0 Å². The van der Waals surface area contributed by atoms with Crippen molar-refractivity contribution in [2.45, 2.75) is 38.6 Å². The number of rotatable bonds is 4. The molecule has 3 nitrogen and oxygen atoms in total. The SMILES string of the molecule is CC(Nc1ccc(C(=O)O)cc1)C1CCCC1. The largest absolute Gasteiger partial charge is 0.478 e. The van der Waals surface area contributed by atoms with Gasteiger partial charge in [-0.05, 0) is 49.9 Å². The minimum absolute atomic E-state index is 0.337. The van der Waals surface area contributed by atoms with Crippen molar-refractivity contribution in [2.75, 3.05) is 5.32 Å². The van der Waals surface area contributed by atoms with Crippen molar-refractivity contribution in [2.24, 2.45) is 5.92 Å². The van der Waals surface area contributed by atoms with Gasteiger partial charge in [0.1, 0.15) is 0 Å². The summed E-state index contributed by atoms with van der Waals surface area (Å²) in [5.41, 5.74) is 1.35. The Morgan fingerprint density at radius 1 is 1.29 bits per heavy atom. The summed E-state index contributed by atoms with van der Waals surface area (Å²) in [6.07, 6.45) is 5.30. The highest BCUT2D eigenvalue weighted by atomic mass is 16.4. The van der Waals surface area contributed by atoms with Gasteiger partial charge in [-0.15, -0.1) is 0 Å². The van der Waals surface area contributed by atoms with Crippen LogP contribution in [0.5, 0.6) is 0 Å². The van der Waals surface area contributed by atoms with Crippen LogP contribution in [0.2, 0.25) is 0 Å². The molecule has 92 valence electrons. The fourth-order valence-electron chi connectivity index (χ4n) is 2.55. The van der Waals surface area contributed by atoms with Crippen molar-refractivity contribution in [3.05, 3.63) is 29.8 Å².